The number of amides is 1. The third kappa shape index (κ3) is 5.67. The lowest BCUT2D eigenvalue weighted by Gasteiger charge is -2.36. The number of nitrogens with zero attached hydrogens (tertiary/aromatic N) is 3. The highest BCUT2D eigenvalue weighted by atomic mass is 31.0. The van der Waals surface area contributed by atoms with E-state index in [0.29, 0.717) is 12.5 Å². The van der Waals surface area contributed by atoms with Crippen molar-refractivity contribution in [1.29, 1.82) is 0 Å². The second-order valence-electron chi connectivity index (χ2n) is 5.77. The van der Waals surface area contributed by atoms with E-state index >= 15 is 0 Å². The first-order chi connectivity index (χ1) is 9.69. The molecule has 0 saturated carbocycles. The van der Waals surface area contributed by atoms with Crippen LogP contribution in [0, 0.1) is 5.92 Å². The van der Waals surface area contributed by atoms with Gasteiger partial charge in [0, 0.05) is 39.3 Å². The first-order valence-electron chi connectivity index (χ1n) is 7.99. The number of rotatable bonds is 3. The number of hydrogen-bond donors (Lipinski definition) is 0. The van der Waals surface area contributed by atoms with Gasteiger partial charge in [0.1, 0.15) is 0 Å². The molecular weight excluding hydrogens is 269 g/mol. The summed E-state index contributed by atoms with van der Waals surface area (Å²) in [6.45, 7) is 14.4. The summed E-state index contributed by atoms with van der Waals surface area (Å²) in [5.74, 6) is 1.13. The van der Waals surface area contributed by atoms with Crippen molar-refractivity contribution in [2.24, 2.45) is 5.92 Å². The van der Waals surface area contributed by atoms with E-state index in [0.717, 1.165) is 51.7 Å². The van der Waals surface area contributed by atoms with Crippen molar-refractivity contribution >= 4 is 15.1 Å². The molecule has 1 unspecified atom stereocenters. The van der Waals surface area contributed by atoms with Gasteiger partial charge >= 0.3 is 0 Å². The highest BCUT2D eigenvalue weighted by molar-refractivity contribution is 7.15. The van der Waals surface area contributed by atoms with Crippen molar-refractivity contribution in [2.75, 3.05) is 59.0 Å². The van der Waals surface area contributed by atoms with Gasteiger partial charge in [0.25, 0.3) is 0 Å². The van der Waals surface area contributed by atoms with Crippen molar-refractivity contribution in [3.63, 3.8) is 0 Å². The van der Waals surface area contributed by atoms with Gasteiger partial charge < -0.3 is 9.80 Å². The number of likely N-dealkylation sites (N-methyl/N-ethyl adjacent to an activating group) is 1. The number of hydrogen-bond acceptors (Lipinski definition) is 3. The van der Waals surface area contributed by atoms with Crippen LogP contribution in [0.2, 0.25) is 0 Å². The van der Waals surface area contributed by atoms with E-state index in [-0.39, 0.29) is 0 Å². The molecule has 1 amide bonds. The predicted molar refractivity (Wildman–Crippen MR) is 89.2 cm³/mol. The van der Waals surface area contributed by atoms with Crippen molar-refractivity contribution in [3.05, 3.63) is 0 Å². The molecule has 0 N–H and O–H groups in total. The van der Waals surface area contributed by atoms with Crippen molar-refractivity contribution < 1.29 is 4.79 Å². The number of carbonyl (C=O) groups excluding carboxylic acids is 1. The minimum Gasteiger partial charge on any atom is -0.342 e. The van der Waals surface area contributed by atoms with Crippen LogP contribution in [-0.4, -0.2) is 79.6 Å². The number of piperidine rings is 1. The van der Waals surface area contributed by atoms with Gasteiger partial charge in [-0.3, -0.25) is 9.69 Å². The Morgan fingerprint density at radius 3 is 2.00 bits per heavy atom. The third-order valence-corrected chi connectivity index (χ3v) is 4.41. The second-order valence-corrected chi connectivity index (χ2v) is 5.77. The summed E-state index contributed by atoms with van der Waals surface area (Å²) >= 11 is 0. The Morgan fingerprint density at radius 2 is 1.50 bits per heavy atom. The van der Waals surface area contributed by atoms with Crippen molar-refractivity contribution in [3.8, 4) is 0 Å². The maximum atomic E-state index is 12.2. The summed E-state index contributed by atoms with van der Waals surface area (Å²) in [7, 11) is 2.42. The van der Waals surface area contributed by atoms with Gasteiger partial charge in [-0.1, -0.05) is 20.5 Å². The van der Waals surface area contributed by atoms with E-state index in [1.54, 1.807) is 0 Å². The lowest BCUT2D eigenvalue weighted by molar-refractivity contribution is -0.134. The molecule has 0 bridgehead atoms. The average molecular weight is 301 g/mol. The molecule has 118 valence electrons. The molecule has 1 atom stereocenters. The minimum atomic E-state index is 0.340. The topological polar surface area (TPSA) is 26.8 Å². The maximum absolute atomic E-state index is 12.2. The Morgan fingerprint density at radius 1 is 1.00 bits per heavy atom. The van der Waals surface area contributed by atoms with Gasteiger partial charge in [0.05, 0.1) is 6.54 Å². The second kappa shape index (κ2) is 9.70. The number of piperazine rings is 1. The summed E-state index contributed by atoms with van der Waals surface area (Å²) in [6.07, 6.45) is 2.35. The van der Waals surface area contributed by atoms with E-state index in [1.165, 1.54) is 12.8 Å². The molecule has 0 aromatic rings. The smallest absolute Gasteiger partial charge is 0.236 e. The molecule has 0 aromatic heterocycles. The van der Waals surface area contributed by atoms with E-state index in [1.807, 2.05) is 6.66 Å². The molecule has 0 radical (unpaired) electrons. The summed E-state index contributed by atoms with van der Waals surface area (Å²) in [6, 6.07) is 0. The fourth-order valence-corrected chi connectivity index (χ4v) is 2.81. The molecule has 2 aliphatic heterocycles. The highest BCUT2D eigenvalue weighted by Gasteiger charge is 2.23. The normalized spacial score (nSPS) is 22.3. The zero-order valence-corrected chi connectivity index (χ0v) is 14.6. The fraction of sp³-hybridized carbons (Fsp3) is 0.933. The molecule has 20 heavy (non-hydrogen) atoms. The first kappa shape index (κ1) is 17.9. The molecule has 0 aromatic carbocycles. The van der Waals surface area contributed by atoms with E-state index in [2.05, 4.69) is 37.8 Å². The Hall–Kier alpha value is -0.180. The Labute approximate surface area is 127 Å². The molecular formula is C15H32N3OP. The van der Waals surface area contributed by atoms with Crippen LogP contribution in [0.3, 0.4) is 0 Å². The van der Waals surface area contributed by atoms with Crippen molar-refractivity contribution in [1.82, 2.24) is 14.7 Å². The molecule has 2 saturated heterocycles. The predicted octanol–water partition coefficient (Wildman–Crippen LogP) is 1.37. The maximum Gasteiger partial charge on any atom is 0.236 e. The summed E-state index contributed by atoms with van der Waals surface area (Å²) in [5, 5.41) is 0. The summed E-state index contributed by atoms with van der Waals surface area (Å²) in [5.41, 5.74) is 0. The molecule has 2 heterocycles. The largest absolute Gasteiger partial charge is 0.342 e. The first-order valence-corrected chi connectivity index (χ1v) is 9.14. The van der Waals surface area contributed by atoms with Crippen LogP contribution in [0.5, 0.6) is 0 Å². The molecule has 0 spiro atoms. The number of likely N-dealkylation sites (tertiary alicyclic amines) is 1. The monoisotopic (exact) mass is 301 g/mol. The van der Waals surface area contributed by atoms with Gasteiger partial charge in [-0.2, -0.15) is 0 Å². The third-order valence-electron chi connectivity index (χ3n) is 4.41. The molecule has 2 rings (SSSR count). The van der Waals surface area contributed by atoms with Crippen LogP contribution in [0.4, 0.5) is 0 Å². The Balaban J connectivity index is 0.000000956. The van der Waals surface area contributed by atoms with Crippen LogP contribution in [-0.2, 0) is 4.79 Å². The van der Waals surface area contributed by atoms with Gasteiger partial charge in [-0.25, -0.2) is 0 Å². The molecule has 4 nitrogen and oxygen atoms in total. The average Bonchev–Trinajstić information content (AvgIpc) is 2.50. The van der Waals surface area contributed by atoms with Gasteiger partial charge in [0.15, 0.2) is 0 Å². The van der Waals surface area contributed by atoms with Crippen LogP contribution in [0.1, 0.15) is 26.7 Å². The summed E-state index contributed by atoms with van der Waals surface area (Å²) in [4.78, 5) is 19.0. The van der Waals surface area contributed by atoms with E-state index in [4.69, 9.17) is 0 Å². The van der Waals surface area contributed by atoms with Crippen molar-refractivity contribution in [2.45, 2.75) is 26.7 Å². The SMILES string of the molecule is CCN1CCN(CC(=O)N2CCC(C)CC2)CC1.CP. The molecule has 2 aliphatic rings. The zero-order chi connectivity index (χ0) is 15.0. The zero-order valence-electron chi connectivity index (χ0n) is 13.5. The molecule has 5 heteroatoms. The standard InChI is InChI=1S/C14H27N3O.CH5P/c1-3-15-8-10-16(11-9-15)12-14(18)17-6-4-13(2)5-7-17;1-2/h13H,3-12H2,1-2H3;2H2,1H3. The Kier molecular flexibility index (Phi) is 8.67. The summed E-state index contributed by atoms with van der Waals surface area (Å²) < 4.78 is 0. The lowest BCUT2D eigenvalue weighted by atomic mass is 9.99. The fourth-order valence-electron chi connectivity index (χ4n) is 2.81. The lowest BCUT2D eigenvalue weighted by Crippen LogP contribution is -2.50. The van der Waals surface area contributed by atoms with E-state index in [9.17, 15) is 4.79 Å². The molecule has 0 aliphatic carbocycles. The van der Waals surface area contributed by atoms with E-state index < -0.39 is 0 Å². The van der Waals surface area contributed by atoms with Crippen LogP contribution >= 0.6 is 9.24 Å². The van der Waals surface area contributed by atoms with Crippen LogP contribution in [0.25, 0.3) is 0 Å². The quantitative estimate of drug-likeness (QED) is 0.737. The van der Waals surface area contributed by atoms with Gasteiger partial charge in [-0.05, 0) is 25.3 Å². The van der Waals surface area contributed by atoms with Crippen LogP contribution < -0.4 is 0 Å². The van der Waals surface area contributed by atoms with Gasteiger partial charge in [-0.15, -0.1) is 9.24 Å². The number of carbonyl (C=O) groups is 1. The molecule has 2 fully saturated rings. The van der Waals surface area contributed by atoms with Crippen LogP contribution in [0.15, 0.2) is 0 Å². The Bertz CT molecular complexity index is 272. The highest BCUT2D eigenvalue weighted by Crippen LogP contribution is 2.16. The minimum absolute atomic E-state index is 0.340. The van der Waals surface area contributed by atoms with Gasteiger partial charge in [0.2, 0.25) is 5.91 Å².